The van der Waals surface area contributed by atoms with Crippen LogP contribution in [0.2, 0.25) is 0 Å². The van der Waals surface area contributed by atoms with E-state index in [0.29, 0.717) is 18.7 Å². The number of esters is 1. The van der Waals surface area contributed by atoms with Gasteiger partial charge in [-0.25, -0.2) is 4.79 Å². The molecule has 0 N–H and O–H groups in total. The molecule has 5 heteroatoms. The second-order valence-corrected chi connectivity index (χ2v) is 8.75. The van der Waals surface area contributed by atoms with E-state index in [1.54, 1.807) is 35.3 Å². The summed E-state index contributed by atoms with van der Waals surface area (Å²) in [4.78, 5) is 28.1. The smallest absolute Gasteiger partial charge is 0.338 e. The van der Waals surface area contributed by atoms with E-state index in [2.05, 4.69) is 32.2 Å². The molecule has 0 saturated carbocycles. The van der Waals surface area contributed by atoms with Gasteiger partial charge in [0.05, 0.1) is 5.56 Å². The third-order valence-corrected chi connectivity index (χ3v) is 5.76. The number of nitrogens with zero attached hydrogens (tertiary/aromatic N) is 1. The second-order valence-electron chi connectivity index (χ2n) is 7.75. The van der Waals surface area contributed by atoms with Gasteiger partial charge in [-0.2, -0.15) is 0 Å². The Hall–Kier alpha value is -2.14. The molecule has 3 rings (SSSR count). The number of rotatable bonds is 3. The molecule has 2 aromatic rings. The van der Waals surface area contributed by atoms with Gasteiger partial charge in [0.1, 0.15) is 0 Å². The van der Waals surface area contributed by atoms with E-state index < -0.39 is 12.1 Å². The topological polar surface area (TPSA) is 46.6 Å². The summed E-state index contributed by atoms with van der Waals surface area (Å²) in [5.74, 6) is -0.596. The molecule has 0 aliphatic carbocycles. The van der Waals surface area contributed by atoms with Crippen molar-refractivity contribution < 1.29 is 14.3 Å². The first-order valence-corrected chi connectivity index (χ1v) is 9.79. The number of hydrogen-bond donors (Lipinski definition) is 0. The maximum absolute atomic E-state index is 12.6. The average Bonchev–Trinajstić information content (AvgIpc) is 3.08. The standard InChI is InChI=1S/C21H25NO3S/c1-14(19(23)22-11-9-18-16(13-22)10-12-26-18)25-20(24)15-5-7-17(8-6-15)21(2,3)4/h5-8,10,12,14H,9,11,13H2,1-4H3. The van der Waals surface area contributed by atoms with Crippen LogP contribution in [0.3, 0.4) is 0 Å². The van der Waals surface area contributed by atoms with Crippen LogP contribution >= 0.6 is 11.3 Å². The molecule has 1 atom stereocenters. The lowest BCUT2D eigenvalue weighted by Crippen LogP contribution is -2.42. The Labute approximate surface area is 158 Å². The molecule has 26 heavy (non-hydrogen) atoms. The number of hydrogen-bond acceptors (Lipinski definition) is 4. The highest BCUT2D eigenvalue weighted by Crippen LogP contribution is 2.25. The highest BCUT2D eigenvalue weighted by Gasteiger charge is 2.27. The minimum atomic E-state index is -0.787. The molecular formula is C21H25NO3S. The fourth-order valence-corrected chi connectivity index (χ4v) is 3.97. The largest absolute Gasteiger partial charge is 0.449 e. The van der Waals surface area contributed by atoms with Crippen LogP contribution in [0.5, 0.6) is 0 Å². The average molecular weight is 372 g/mol. The fraction of sp³-hybridized carbons (Fsp3) is 0.429. The van der Waals surface area contributed by atoms with Crippen molar-refractivity contribution in [2.24, 2.45) is 0 Å². The Kier molecular flexibility index (Phi) is 5.19. The predicted molar refractivity (Wildman–Crippen MR) is 103 cm³/mol. The van der Waals surface area contributed by atoms with E-state index in [0.717, 1.165) is 12.0 Å². The lowest BCUT2D eigenvalue weighted by Gasteiger charge is -2.29. The zero-order valence-corrected chi connectivity index (χ0v) is 16.6. The predicted octanol–water partition coefficient (Wildman–Crippen LogP) is 4.18. The maximum atomic E-state index is 12.6. The van der Waals surface area contributed by atoms with Crippen LogP contribution in [-0.4, -0.2) is 29.4 Å². The molecule has 1 aromatic carbocycles. The minimum absolute atomic E-state index is 0.0282. The first-order valence-electron chi connectivity index (χ1n) is 8.91. The molecule has 2 heterocycles. The van der Waals surface area contributed by atoms with Crippen LogP contribution < -0.4 is 0 Å². The highest BCUT2D eigenvalue weighted by molar-refractivity contribution is 7.10. The first kappa shape index (κ1) is 18.6. The van der Waals surface area contributed by atoms with Gasteiger partial charge in [-0.15, -0.1) is 11.3 Å². The number of fused-ring (bicyclic) bond motifs is 1. The lowest BCUT2D eigenvalue weighted by atomic mass is 9.87. The molecular weight excluding hydrogens is 346 g/mol. The summed E-state index contributed by atoms with van der Waals surface area (Å²) in [5, 5.41) is 2.06. The van der Waals surface area contributed by atoms with Crippen LogP contribution in [0.25, 0.3) is 0 Å². The van der Waals surface area contributed by atoms with Crippen LogP contribution in [0.15, 0.2) is 35.7 Å². The lowest BCUT2D eigenvalue weighted by molar-refractivity contribution is -0.140. The van der Waals surface area contributed by atoms with Gasteiger partial charge in [-0.3, -0.25) is 4.79 Å². The van der Waals surface area contributed by atoms with Gasteiger partial charge in [-0.05, 0) is 53.5 Å². The van der Waals surface area contributed by atoms with Crippen molar-refractivity contribution in [2.75, 3.05) is 6.54 Å². The van der Waals surface area contributed by atoms with E-state index in [1.165, 1.54) is 10.4 Å². The van der Waals surface area contributed by atoms with Crippen molar-refractivity contribution >= 4 is 23.2 Å². The van der Waals surface area contributed by atoms with Crippen molar-refractivity contribution in [2.45, 2.75) is 52.2 Å². The zero-order valence-electron chi connectivity index (χ0n) is 15.7. The molecule has 0 radical (unpaired) electrons. The number of ether oxygens (including phenoxy) is 1. The van der Waals surface area contributed by atoms with Gasteiger partial charge in [0.15, 0.2) is 6.10 Å². The van der Waals surface area contributed by atoms with E-state index >= 15 is 0 Å². The van der Waals surface area contributed by atoms with Gasteiger partial charge in [-0.1, -0.05) is 32.9 Å². The Bertz CT molecular complexity index is 801. The van der Waals surface area contributed by atoms with Gasteiger partial charge in [0.25, 0.3) is 5.91 Å². The first-order chi connectivity index (χ1) is 12.3. The molecule has 1 aliphatic rings. The Balaban J connectivity index is 1.61. The van der Waals surface area contributed by atoms with Crippen molar-refractivity contribution in [1.82, 2.24) is 4.90 Å². The van der Waals surface area contributed by atoms with Crippen LogP contribution in [0.1, 0.15) is 54.1 Å². The number of carbonyl (C=O) groups excluding carboxylic acids is 2. The third kappa shape index (κ3) is 3.98. The van der Waals surface area contributed by atoms with E-state index in [4.69, 9.17) is 4.74 Å². The third-order valence-electron chi connectivity index (χ3n) is 4.74. The van der Waals surface area contributed by atoms with Gasteiger partial charge in [0.2, 0.25) is 0 Å². The Morgan fingerprint density at radius 2 is 1.85 bits per heavy atom. The van der Waals surface area contributed by atoms with E-state index in [1.807, 2.05) is 12.1 Å². The van der Waals surface area contributed by atoms with Crippen molar-refractivity contribution in [1.29, 1.82) is 0 Å². The van der Waals surface area contributed by atoms with E-state index in [-0.39, 0.29) is 11.3 Å². The minimum Gasteiger partial charge on any atom is -0.449 e. The summed E-state index contributed by atoms with van der Waals surface area (Å²) >= 11 is 1.73. The van der Waals surface area contributed by atoms with Gasteiger partial charge < -0.3 is 9.64 Å². The van der Waals surface area contributed by atoms with Crippen molar-refractivity contribution in [3.8, 4) is 0 Å². The SMILES string of the molecule is CC(OC(=O)c1ccc(C(C)(C)C)cc1)C(=O)N1CCc2sccc2C1. The normalized spacial score (nSPS) is 15.3. The quantitative estimate of drug-likeness (QED) is 0.761. The molecule has 1 aromatic heterocycles. The fourth-order valence-electron chi connectivity index (χ4n) is 3.08. The zero-order chi connectivity index (χ0) is 18.9. The van der Waals surface area contributed by atoms with Gasteiger partial charge >= 0.3 is 5.97 Å². The van der Waals surface area contributed by atoms with Crippen LogP contribution in [0.4, 0.5) is 0 Å². The monoisotopic (exact) mass is 371 g/mol. The maximum Gasteiger partial charge on any atom is 0.338 e. The van der Waals surface area contributed by atoms with E-state index in [9.17, 15) is 9.59 Å². The van der Waals surface area contributed by atoms with Crippen LogP contribution in [0, 0.1) is 0 Å². The molecule has 0 spiro atoms. The number of amides is 1. The van der Waals surface area contributed by atoms with Crippen LogP contribution in [-0.2, 0) is 27.9 Å². The second kappa shape index (κ2) is 7.23. The van der Waals surface area contributed by atoms with Crippen molar-refractivity contribution in [3.63, 3.8) is 0 Å². The number of benzene rings is 1. The molecule has 138 valence electrons. The summed E-state index contributed by atoms with van der Waals surface area (Å²) in [7, 11) is 0. The molecule has 4 nitrogen and oxygen atoms in total. The molecule has 0 fully saturated rings. The number of carbonyl (C=O) groups is 2. The van der Waals surface area contributed by atoms with Crippen molar-refractivity contribution in [3.05, 3.63) is 57.3 Å². The summed E-state index contributed by atoms with van der Waals surface area (Å²) in [6.07, 6.45) is 0.0817. The number of thiophene rings is 1. The Morgan fingerprint density at radius 1 is 1.15 bits per heavy atom. The highest BCUT2D eigenvalue weighted by atomic mass is 32.1. The molecule has 1 amide bonds. The Morgan fingerprint density at radius 3 is 2.50 bits per heavy atom. The molecule has 0 saturated heterocycles. The summed E-state index contributed by atoms with van der Waals surface area (Å²) in [6.45, 7) is 9.29. The molecule has 1 unspecified atom stereocenters. The molecule has 1 aliphatic heterocycles. The summed E-state index contributed by atoms with van der Waals surface area (Å²) in [6, 6.07) is 9.46. The summed E-state index contributed by atoms with van der Waals surface area (Å²) in [5.41, 5.74) is 2.85. The summed E-state index contributed by atoms with van der Waals surface area (Å²) < 4.78 is 5.42. The van der Waals surface area contributed by atoms with Gasteiger partial charge in [0, 0.05) is 18.0 Å². The molecule has 0 bridgehead atoms.